The van der Waals surface area contributed by atoms with Gasteiger partial charge in [0.15, 0.2) is 0 Å². The van der Waals surface area contributed by atoms with Crippen LogP contribution in [0.5, 0.6) is 0 Å². The number of halogens is 2. The lowest BCUT2D eigenvalue weighted by Crippen LogP contribution is -2.45. The summed E-state index contributed by atoms with van der Waals surface area (Å²) in [6, 6.07) is 12.3. The minimum Gasteiger partial charge on any atom is -0.352 e. The van der Waals surface area contributed by atoms with Crippen LogP contribution in [0, 0.1) is 5.92 Å². The summed E-state index contributed by atoms with van der Waals surface area (Å²) in [5.74, 6) is -0.200. The van der Waals surface area contributed by atoms with Crippen molar-refractivity contribution < 1.29 is 13.2 Å². The predicted octanol–water partition coefficient (Wildman–Crippen LogP) is 4.35. The Morgan fingerprint density at radius 1 is 1.07 bits per heavy atom. The van der Waals surface area contributed by atoms with E-state index in [1.54, 1.807) is 18.2 Å². The third-order valence-corrected chi connectivity index (χ3v) is 6.50. The number of amides is 1. The van der Waals surface area contributed by atoms with E-state index in [2.05, 4.69) is 5.32 Å². The van der Waals surface area contributed by atoms with E-state index in [4.69, 9.17) is 23.2 Å². The molecular formula is C19H22Cl2N2O3S. The van der Waals surface area contributed by atoms with E-state index in [-0.39, 0.29) is 27.6 Å². The van der Waals surface area contributed by atoms with Crippen LogP contribution in [0.1, 0.15) is 20.8 Å². The highest BCUT2D eigenvalue weighted by Crippen LogP contribution is 2.32. The minimum absolute atomic E-state index is 0.0701. The summed E-state index contributed by atoms with van der Waals surface area (Å²) in [6.45, 7) is 5.42. The first-order valence-electron chi connectivity index (χ1n) is 8.45. The number of anilines is 1. The van der Waals surface area contributed by atoms with Crippen molar-refractivity contribution >= 4 is 44.8 Å². The Balaban J connectivity index is 2.45. The molecule has 0 radical (unpaired) electrons. The maximum absolute atomic E-state index is 13.2. The van der Waals surface area contributed by atoms with Crippen molar-refractivity contribution in [2.24, 2.45) is 5.92 Å². The Morgan fingerprint density at radius 3 is 2.26 bits per heavy atom. The van der Waals surface area contributed by atoms with E-state index in [1.807, 2.05) is 20.8 Å². The van der Waals surface area contributed by atoms with E-state index in [0.717, 1.165) is 4.31 Å². The van der Waals surface area contributed by atoms with Crippen LogP contribution in [0.25, 0.3) is 0 Å². The van der Waals surface area contributed by atoms with Crippen LogP contribution >= 0.6 is 23.2 Å². The largest absolute Gasteiger partial charge is 0.352 e. The molecule has 0 aromatic heterocycles. The molecule has 0 heterocycles. The summed E-state index contributed by atoms with van der Waals surface area (Å²) in [5, 5.41) is 3.34. The summed E-state index contributed by atoms with van der Waals surface area (Å²) in [5.41, 5.74) is 0.192. The van der Waals surface area contributed by atoms with Gasteiger partial charge >= 0.3 is 0 Å². The van der Waals surface area contributed by atoms with Crippen LogP contribution in [-0.2, 0) is 14.8 Å². The number of benzene rings is 2. The lowest BCUT2D eigenvalue weighted by atomic mass is 10.1. The third-order valence-electron chi connectivity index (χ3n) is 4.19. The van der Waals surface area contributed by atoms with Gasteiger partial charge in [0, 0.05) is 11.1 Å². The van der Waals surface area contributed by atoms with Gasteiger partial charge in [-0.05, 0) is 43.2 Å². The number of rotatable bonds is 7. The quantitative estimate of drug-likeness (QED) is 0.712. The molecule has 2 rings (SSSR count). The van der Waals surface area contributed by atoms with Gasteiger partial charge in [-0.2, -0.15) is 0 Å². The molecule has 0 aliphatic rings. The molecule has 27 heavy (non-hydrogen) atoms. The Morgan fingerprint density at radius 2 is 1.70 bits per heavy atom. The summed E-state index contributed by atoms with van der Waals surface area (Å²) >= 11 is 12.2. The summed E-state index contributed by atoms with van der Waals surface area (Å²) < 4.78 is 27.4. The number of nitrogens with one attached hydrogen (secondary N) is 1. The molecule has 0 spiro atoms. The maximum Gasteiger partial charge on any atom is 0.264 e. The second-order valence-electron chi connectivity index (χ2n) is 6.52. The zero-order valence-corrected chi connectivity index (χ0v) is 17.6. The van der Waals surface area contributed by atoms with Crippen LogP contribution < -0.4 is 9.62 Å². The zero-order valence-electron chi connectivity index (χ0n) is 15.3. The molecule has 0 saturated carbocycles. The van der Waals surface area contributed by atoms with Gasteiger partial charge in [-0.15, -0.1) is 0 Å². The predicted molar refractivity (Wildman–Crippen MR) is 110 cm³/mol. The van der Waals surface area contributed by atoms with Crippen LogP contribution in [-0.4, -0.2) is 26.9 Å². The van der Waals surface area contributed by atoms with Crippen molar-refractivity contribution in [2.45, 2.75) is 31.7 Å². The molecule has 1 unspecified atom stereocenters. The van der Waals surface area contributed by atoms with Gasteiger partial charge in [0.1, 0.15) is 6.54 Å². The van der Waals surface area contributed by atoms with Gasteiger partial charge in [0.2, 0.25) is 5.91 Å². The molecule has 8 heteroatoms. The molecule has 1 amide bonds. The summed E-state index contributed by atoms with van der Waals surface area (Å²) in [4.78, 5) is 12.6. The van der Waals surface area contributed by atoms with Crippen molar-refractivity contribution in [3.8, 4) is 0 Å². The molecule has 146 valence electrons. The van der Waals surface area contributed by atoms with Gasteiger partial charge in [0.05, 0.1) is 15.6 Å². The highest BCUT2D eigenvalue weighted by molar-refractivity contribution is 7.92. The maximum atomic E-state index is 13.2. The SMILES string of the molecule is CC(C)C(C)NC(=O)CN(c1ccc(Cl)cc1Cl)S(=O)(=O)c1ccccc1. The first-order chi connectivity index (χ1) is 12.6. The Bertz CT molecular complexity index is 902. The molecule has 0 aliphatic carbocycles. The molecule has 2 aromatic carbocycles. The first kappa shape index (κ1) is 21.5. The number of hydrogen-bond donors (Lipinski definition) is 1. The summed E-state index contributed by atoms with van der Waals surface area (Å²) in [6.07, 6.45) is 0. The van der Waals surface area contributed by atoms with E-state index in [1.165, 1.54) is 30.3 Å². The van der Waals surface area contributed by atoms with Gasteiger partial charge in [-0.1, -0.05) is 55.2 Å². The molecule has 2 aromatic rings. The van der Waals surface area contributed by atoms with Gasteiger partial charge in [-0.3, -0.25) is 9.10 Å². The normalized spacial score (nSPS) is 12.7. The average Bonchev–Trinajstić information content (AvgIpc) is 2.60. The van der Waals surface area contributed by atoms with E-state index >= 15 is 0 Å². The fourth-order valence-corrected chi connectivity index (χ4v) is 4.32. The van der Waals surface area contributed by atoms with Crippen molar-refractivity contribution in [1.82, 2.24) is 5.32 Å². The number of sulfonamides is 1. The molecule has 0 aliphatic heterocycles. The molecular weight excluding hydrogens is 407 g/mol. The first-order valence-corrected chi connectivity index (χ1v) is 10.6. The molecule has 1 atom stereocenters. The summed E-state index contributed by atoms with van der Waals surface area (Å²) in [7, 11) is -4.00. The van der Waals surface area contributed by atoms with Gasteiger partial charge < -0.3 is 5.32 Å². The second-order valence-corrected chi connectivity index (χ2v) is 9.23. The number of hydrogen-bond acceptors (Lipinski definition) is 3. The Labute approximate surface area is 170 Å². The fourth-order valence-electron chi connectivity index (χ4n) is 2.30. The molecule has 5 nitrogen and oxygen atoms in total. The average molecular weight is 429 g/mol. The highest BCUT2D eigenvalue weighted by atomic mass is 35.5. The molecule has 0 bridgehead atoms. The monoisotopic (exact) mass is 428 g/mol. The molecule has 1 N–H and O–H groups in total. The standard InChI is InChI=1S/C19H22Cl2N2O3S/c1-13(2)14(3)22-19(24)12-23(18-10-9-15(20)11-17(18)21)27(25,26)16-7-5-4-6-8-16/h4-11,13-14H,12H2,1-3H3,(H,22,24). The lowest BCUT2D eigenvalue weighted by Gasteiger charge is -2.26. The van der Waals surface area contributed by atoms with Gasteiger partial charge in [-0.25, -0.2) is 8.42 Å². The third kappa shape index (κ3) is 5.37. The second kappa shape index (κ2) is 8.95. The Hall–Kier alpha value is -1.76. The minimum atomic E-state index is -4.00. The van der Waals surface area contributed by atoms with Crippen molar-refractivity contribution in [2.75, 3.05) is 10.8 Å². The number of nitrogens with zero attached hydrogens (tertiary/aromatic N) is 1. The number of carbonyl (C=O) groups excluding carboxylic acids is 1. The van der Waals surface area contributed by atoms with E-state index < -0.39 is 22.5 Å². The van der Waals surface area contributed by atoms with E-state index in [0.29, 0.717) is 5.02 Å². The highest BCUT2D eigenvalue weighted by Gasteiger charge is 2.29. The van der Waals surface area contributed by atoms with Crippen molar-refractivity contribution in [1.29, 1.82) is 0 Å². The fraction of sp³-hybridized carbons (Fsp3) is 0.316. The zero-order chi connectivity index (χ0) is 20.2. The molecule has 0 saturated heterocycles. The molecule has 0 fully saturated rings. The van der Waals surface area contributed by atoms with E-state index in [9.17, 15) is 13.2 Å². The van der Waals surface area contributed by atoms with Crippen LogP contribution in [0.3, 0.4) is 0 Å². The van der Waals surface area contributed by atoms with Crippen LogP contribution in [0.4, 0.5) is 5.69 Å². The van der Waals surface area contributed by atoms with Crippen LogP contribution in [0.2, 0.25) is 10.0 Å². The van der Waals surface area contributed by atoms with Crippen molar-refractivity contribution in [3.63, 3.8) is 0 Å². The number of carbonyl (C=O) groups is 1. The lowest BCUT2D eigenvalue weighted by molar-refractivity contribution is -0.120. The Kier molecular flexibility index (Phi) is 7.14. The smallest absolute Gasteiger partial charge is 0.264 e. The van der Waals surface area contributed by atoms with Gasteiger partial charge in [0.25, 0.3) is 10.0 Å². The van der Waals surface area contributed by atoms with Crippen LogP contribution in [0.15, 0.2) is 53.4 Å². The van der Waals surface area contributed by atoms with Crippen molar-refractivity contribution in [3.05, 3.63) is 58.6 Å². The topological polar surface area (TPSA) is 66.5 Å².